The van der Waals surface area contributed by atoms with E-state index in [-0.39, 0.29) is 23.3 Å². The summed E-state index contributed by atoms with van der Waals surface area (Å²) in [6, 6.07) is 1.74. The average molecular weight is 383 g/mol. The highest BCUT2D eigenvalue weighted by Gasteiger charge is 2.45. The average Bonchev–Trinajstić information content (AvgIpc) is 2.92. The highest BCUT2D eigenvalue weighted by atomic mass is 79.9. The molecule has 3 rings (SSSR count). The largest absolute Gasteiger partial charge is 0.327 e. The lowest BCUT2D eigenvalue weighted by atomic mass is 9.98. The van der Waals surface area contributed by atoms with Crippen molar-refractivity contribution >= 4 is 38.4 Å². The van der Waals surface area contributed by atoms with Crippen LogP contribution in [-0.4, -0.2) is 36.8 Å². The van der Waals surface area contributed by atoms with Gasteiger partial charge in [-0.1, -0.05) is 0 Å². The Bertz CT molecular complexity index is 598. The monoisotopic (exact) mass is 381 g/mol. The van der Waals surface area contributed by atoms with Gasteiger partial charge in [-0.25, -0.2) is 8.42 Å². The van der Waals surface area contributed by atoms with Crippen LogP contribution in [-0.2, 0) is 10.0 Å². The molecule has 0 bridgehead atoms. The van der Waals surface area contributed by atoms with Gasteiger partial charge in [0.1, 0.15) is 4.90 Å². The predicted molar refractivity (Wildman–Crippen MR) is 82.1 cm³/mol. The van der Waals surface area contributed by atoms with Gasteiger partial charge in [0.05, 0.1) is 0 Å². The summed E-state index contributed by atoms with van der Waals surface area (Å²) in [5.41, 5.74) is 6.05. The van der Waals surface area contributed by atoms with Crippen molar-refractivity contribution in [3.63, 3.8) is 0 Å². The molecule has 2 aliphatic rings. The molecule has 0 spiro atoms. The van der Waals surface area contributed by atoms with Crippen LogP contribution in [0.3, 0.4) is 0 Å². The van der Waals surface area contributed by atoms with Gasteiger partial charge in [-0.05, 0) is 46.7 Å². The number of hydrogen-bond acceptors (Lipinski definition) is 4. The molecule has 1 aromatic heterocycles. The minimum atomic E-state index is -3.44. The Labute approximate surface area is 133 Å². The van der Waals surface area contributed by atoms with Gasteiger partial charge in [0.2, 0.25) is 10.0 Å². The highest BCUT2D eigenvalue weighted by molar-refractivity contribution is 9.10. The minimum absolute atomic E-state index is 0. The van der Waals surface area contributed by atoms with Gasteiger partial charge in [0, 0.05) is 36.0 Å². The molecule has 3 unspecified atom stereocenters. The van der Waals surface area contributed by atoms with Gasteiger partial charge in [0.15, 0.2) is 0 Å². The van der Waals surface area contributed by atoms with Crippen molar-refractivity contribution in [2.24, 2.45) is 17.6 Å². The van der Waals surface area contributed by atoms with Crippen LogP contribution in [0.4, 0.5) is 0 Å². The molecule has 1 aromatic rings. The molecule has 1 aliphatic carbocycles. The van der Waals surface area contributed by atoms with E-state index in [0.29, 0.717) is 29.4 Å². The molecule has 0 radical (unpaired) electrons. The third kappa shape index (κ3) is 2.74. The number of rotatable bonds is 2. The lowest BCUT2D eigenvalue weighted by molar-refractivity contribution is 0.427. The predicted octanol–water partition coefficient (Wildman–Crippen LogP) is 1.62. The van der Waals surface area contributed by atoms with E-state index in [9.17, 15) is 8.42 Å². The van der Waals surface area contributed by atoms with Gasteiger partial charge >= 0.3 is 0 Å². The third-order valence-electron chi connectivity index (χ3n) is 4.20. The summed E-state index contributed by atoms with van der Waals surface area (Å²) in [6.07, 6.45) is 5.03. The maximum atomic E-state index is 12.5. The number of aromatic nitrogens is 1. The van der Waals surface area contributed by atoms with E-state index in [4.69, 9.17) is 5.73 Å². The molecule has 3 atom stereocenters. The molecule has 8 heteroatoms. The Morgan fingerprint density at radius 2 is 2.05 bits per heavy atom. The van der Waals surface area contributed by atoms with Crippen molar-refractivity contribution in [2.45, 2.75) is 23.8 Å². The summed E-state index contributed by atoms with van der Waals surface area (Å²) in [5, 5.41) is 0. The van der Waals surface area contributed by atoms with Gasteiger partial charge in [0.25, 0.3) is 0 Å². The first-order valence-corrected chi connectivity index (χ1v) is 8.58. The fraction of sp³-hybridized carbons (Fsp3) is 0.583. The smallest absolute Gasteiger partial charge is 0.244 e. The van der Waals surface area contributed by atoms with E-state index < -0.39 is 10.0 Å². The molecule has 1 saturated heterocycles. The van der Waals surface area contributed by atoms with Crippen LogP contribution in [0.5, 0.6) is 0 Å². The number of halogens is 2. The molecule has 112 valence electrons. The minimum Gasteiger partial charge on any atom is -0.327 e. The van der Waals surface area contributed by atoms with Crippen molar-refractivity contribution in [3.8, 4) is 0 Å². The lowest BCUT2D eigenvalue weighted by Gasteiger charge is -2.18. The van der Waals surface area contributed by atoms with Gasteiger partial charge in [-0.3, -0.25) is 4.98 Å². The van der Waals surface area contributed by atoms with E-state index in [1.54, 1.807) is 16.6 Å². The summed E-state index contributed by atoms with van der Waals surface area (Å²) in [5.74, 6) is 0.736. The molecule has 2 fully saturated rings. The van der Waals surface area contributed by atoms with Crippen molar-refractivity contribution < 1.29 is 8.42 Å². The Hall–Kier alpha value is -0.210. The molecule has 0 aromatic carbocycles. The normalized spacial score (nSPS) is 30.0. The topological polar surface area (TPSA) is 76.3 Å². The lowest BCUT2D eigenvalue weighted by Crippen LogP contribution is -2.33. The second-order valence-corrected chi connectivity index (χ2v) is 8.18. The number of fused-ring (bicyclic) bond motifs is 1. The molecule has 2 heterocycles. The van der Waals surface area contributed by atoms with Crippen LogP contribution in [0, 0.1) is 11.8 Å². The summed E-state index contributed by atoms with van der Waals surface area (Å²) < 4.78 is 27.3. The van der Waals surface area contributed by atoms with E-state index in [2.05, 4.69) is 20.9 Å². The van der Waals surface area contributed by atoms with Crippen LogP contribution in [0.1, 0.15) is 12.8 Å². The Morgan fingerprint density at radius 1 is 1.30 bits per heavy atom. The Kier molecular flexibility index (Phi) is 4.76. The third-order valence-corrected chi connectivity index (χ3v) is 6.43. The second kappa shape index (κ2) is 5.88. The molecule has 20 heavy (non-hydrogen) atoms. The van der Waals surface area contributed by atoms with Crippen LogP contribution in [0.2, 0.25) is 0 Å². The number of nitrogens with zero attached hydrogens (tertiary/aromatic N) is 2. The van der Waals surface area contributed by atoms with Crippen LogP contribution >= 0.6 is 28.3 Å². The fourth-order valence-electron chi connectivity index (χ4n) is 3.15. The molecular formula is C12H17BrClN3O2S. The summed E-state index contributed by atoms with van der Waals surface area (Å²) in [4.78, 5) is 4.18. The molecule has 2 N–H and O–H groups in total. The standard InChI is InChI=1S/C12H16BrN3O2S.ClH/c13-9-3-10(5-15-4-9)19(17,18)16-6-8-1-2-12(14)11(8)7-16;/h3-5,8,11-12H,1-2,6-7,14H2;1H. The van der Waals surface area contributed by atoms with Crippen molar-refractivity contribution in [3.05, 3.63) is 22.9 Å². The summed E-state index contributed by atoms with van der Waals surface area (Å²) in [6.45, 7) is 1.13. The Morgan fingerprint density at radius 3 is 2.70 bits per heavy atom. The van der Waals surface area contributed by atoms with E-state index >= 15 is 0 Å². The molecule has 1 saturated carbocycles. The number of hydrogen-bond donors (Lipinski definition) is 1. The fourth-order valence-corrected chi connectivity index (χ4v) is 5.19. The van der Waals surface area contributed by atoms with Gasteiger partial charge in [-0.15, -0.1) is 12.4 Å². The highest BCUT2D eigenvalue weighted by Crippen LogP contribution is 2.39. The quantitative estimate of drug-likeness (QED) is 0.843. The Balaban J connectivity index is 0.00000147. The van der Waals surface area contributed by atoms with Crippen LogP contribution in [0.15, 0.2) is 27.8 Å². The SMILES string of the molecule is Cl.NC1CCC2CN(S(=O)(=O)c3cncc(Br)c3)CC12. The van der Waals surface area contributed by atoms with E-state index in [0.717, 1.165) is 12.8 Å². The molecule has 0 amide bonds. The van der Waals surface area contributed by atoms with Crippen molar-refractivity contribution in [2.75, 3.05) is 13.1 Å². The van der Waals surface area contributed by atoms with E-state index in [1.807, 2.05) is 0 Å². The van der Waals surface area contributed by atoms with Crippen LogP contribution in [0.25, 0.3) is 0 Å². The van der Waals surface area contributed by atoms with Gasteiger partial charge in [-0.2, -0.15) is 4.31 Å². The zero-order chi connectivity index (χ0) is 13.6. The molecule has 1 aliphatic heterocycles. The summed E-state index contributed by atoms with van der Waals surface area (Å²) >= 11 is 3.26. The van der Waals surface area contributed by atoms with Gasteiger partial charge < -0.3 is 5.73 Å². The molecule has 5 nitrogen and oxygen atoms in total. The number of nitrogens with two attached hydrogens (primary N) is 1. The first-order valence-electron chi connectivity index (χ1n) is 6.35. The first-order chi connectivity index (χ1) is 8.98. The zero-order valence-electron chi connectivity index (χ0n) is 10.8. The first kappa shape index (κ1) is 16.2. The van der Waals surface area contributed by atoms with Crippen LogP contribution < -0.4 is 5.73 Å². The van der Waals surface area contributed by atoms with E-state index in [1.165, 1.54) is 6.20 Å². The number of sulfonamides is 1. The molecular weight excluding hydrogens is 366 g/mol. The maximum Gasteiger partial charge on any atom is 0.244 e. The zero-order valence-corrected chi connectivity index (χ0v) is 14.0. The van der Waals surface area contributed by atoms with Crippen molar-refractivity contribution in [1.29, 1.82) is 0 Å². The number of pyridine rings is 1. The second-order valence-electron chi connectivity index (χ2n) is 5.33. The van der Waals surface area contributed by atoms with Crippen molar-refractivity contribution in [1.82, 2.24) is 9.29 Å². The maximum absolute atomic E-state index is 12.5. The summed E-state index contributed by atoms with van der Waals surface area (Å²) in [7, 11) is -3.44.